The Kier molecular flexibility index (Phi) is 3.12. The van der Waals surface area contributed by atoms with Gasteiger partial charge in [0.25, 0.3) is 0 Å². The highest BCUT2D eigenvalue weighted by Gasteiger charge is 2.16. The topological polar surface area (TPSA) is 77.6 Å². The molecule has 0 saturated heterocycles. The van der Waals surface area contributed by atoms with Crippen LogP contribution in [-0.4, -0.2) is 12.6 Å². The molecule has 20 heavy (non-hydrogen) atoms. The van der Waals surface area contributed by atoms with E-state index in [2.05, 4.69) is 0 Å². The first-order valence-electron chi connectivity index (χ1n) is 5.85. The van der Waals surface area contributed by atoms with E-state index in [-0.39, 0.29) is 12.6 Å². The minimum atomic E-state index is -0.147. The third-order valence-corrected chi connectivity index (χ3v) is 3.13. The van der Waals surface area contributed by atoms with Gasteiger partial charge in [0.2, 0.25) is 6.79 Å². The predicted octanol–water partition coefficient (Wildman–Crippen LogP) is 3.15. The lowest BCUT2D eigenvalue weighted by Gasteiger charge is -2.11. The van der Waals surface area contributed by atoms with Crippen molar-refractivity contribution in [2.24, 2.45) is 5.73 Å². The number of rotatable bonds is 3. The SMILES string of the molecule is N=C(N)c1c(Cl)cccc1Oc1ccc2c(c1)OCO2. The van der Waals surface area contributed by atoms with Gasteiger partial charge in [0.15, 0.2) is 11.5 Å². The summed E-state index contributed by atoms with van der Waals surface area (Å²) in [6, 6.07) is 10.3. The summed E-state index contributed by atoms with van der Waals surface area (Å²) in [5.41, 5.74) is 5.90. The summed E-state index contributed by atoms with van der Waals surface area (Å²) in [7, 11) is 0. The number of nitrogen functional groups attached to an aromatic ring is 1. The molecule has 0 atom stereocenters. The summed E-state index contributed by atoms with van der Waals surface area (Å²) in [6.45, 7) is 0.203. The Balaban J connectivity index is 1.95. The number of nitrogens with two attached hydrogens (primary N) is 1. The van der Waals surface area contributed by atoms with Crippen LogP contribution in [0.15, 0.2) is 36.4 Å². The molecular weight excluding hydrogens is 280 g/mol. The van der Waals surface area contributed by atoms with E-state index in [0.717, 1.165) is 0 Å². The maximum Gasteiger partial charge on any atom is 0.231 e. The van der Waals surface area contributed by atoms with Gasteiger partial charge >= 0.3 is 0 Å². The molecule has 6 heteroatoms. The van der Waals surface area contributed by atoms with Crippen molar-refractivity contribution in [3.8, 4) is 23.0 Å². The van der Waals surface area contributed by atoms with E-state index in [0.29, 0.717) is 33.6 Å². The Bertz CT molecular complexity index is 688. The van der Waals surface area contributed by atoms with E-state index >= 15 is 0 Å². The summed E-state index contributed by atoms with van der Waals surface area (Å²) in [5, 5.41) is 7.95. The van der Waals surface area contributed by atoms with Crippen LogP contribution in [0.1, 0.15) is 5.56 Å². The first kappa shape index (κ1) is 12.6. The van der Waals surface area contributed by atoms with E-state index in [1.54, 1.807) is 36.4 Å². The molecule has 0 spiro atoms. The highest BCUT2D eigenvalue weighted by Crippen LogP contribution is 2.37. The van der Waals surface area contributed by atoms with Gasteiger partial charge in [-0.2, -0.15) is 0 Å². The van der Waals surface area contributed by atoms with Gasteiger partial charge in [0, 0.05) is 6.07 Å². The maximum atomic E-state index is 7.57. The molecule has 3 N–H and O–H groups in total. The molecule has 1 aliphatic heterocycles. The monoisotopic (exact) mass is 290 g/mol. The fraction of sp³-hybridized carbons (Fsp3) is 0.0714. The minimum Gasteiger partial charge on any atom is -0.456 e. The average Bonchev–Trinajstić information content (AvgIpc) is 2.85. The van der Waals surface area contributed by atoms with Crippen molar-refractivity contribution in [3.63, 3.8) is 0 Å². The molecule has 0 amide bonds. The van der Waals surface area contributed by atoms with E-state index < -0.39 is 0 Å². The molecule has 0 aliphatic carbocycles. The highest BCUT2D eigenvalue weighted by atomic mass is 35.5. The summed E-state index contributed by atoms with van der Waals surface area (Å²) < 4.78 is 16.3. The molecule has 3 rings (SSSR count). The lowest BCUT2D eigenvalue weighted by molar-refractivity contribution is 0.174. The third-order valence-electron chi connectivity index (χ3n) is 2.82. The van der Waals surface area contributed by atoms with Crippen molar-refractivity contribution < 1.29 is 14.2 Å². The largest absolute Gasteiger partial charge is 0.456 e. The fourth-order valence-corrected chi connectivity index (χ4v) is 2.19. The van der Waals surface area contributed by atoms with Crippen LogP contribution in [0.3, 0.4) is 0 Å². The minimum absolute atomic E-state index is 0.147. The van der Waals surface area contributed by atoms with Gasteiger partial charge in [0.05, 0.1) is 10.6 Å². The summed E-state index contributed by atoms with van der Waals surface area (Å²) in [4.78, 5) is 0. The van der Waals surface area contributed by atoms with Crippen LogP contribution in [0.2, 0.25) is 5.02 Å². The van der Waals surface area contributed by atoms with E-state index in [4.69, 9.17) is 37.0 Å². The van der Waals surface area contributed by atoms with Crippen molar-refractivity contribution in [2.75, 3.05) is 6.79 Å². The fourth-order valence-electron chi connectivity index (χ4n) is 1.92. The molecule has 0 unspecified atom stereocenters. The van der Waals surface area contributed by atoms with Crippen LogP contribution in [-0.2, 0) is 0 Å². The van der Waals surface area contributed by atoms with Crippen LogP contribution in [0.5, 0.6) is 23.0 Å². The number of amidine groups is 1. The zero-order chi connectivity index (χ0) is 14.1. The van der Waals surface area contributed by atoms with Crippen molar-refractivity contribution in [1.82, 2.24) is 0 Å². The third kappa shape index (κ3) is 2.23. The molecule has 0 radical (unpaired) electrons. The van der Waals surface area contributed by atoms with Crippen molar-refractivity contribution >= 4 is 17.4 Å². The van der Waals surface area contributed by atoms with Crippen LogP contribution in [0.25, 0.3) is 0 Å². The zero-order valence-corrected chi connectivity index (χ0v) is 11.1. The Labute approximate surface area is 120 Å². The first-order chi connectivity index (χ1) is 9.65. The Hall–Kier alpha value is -2.40. The predicted molar refractivity (Wildman–Crippen MR) is 75.1 cm³/mol. The molecular formula is C14H11ClN2O3. The van der Waals surface area contributed by atoms with Gasteiger partial charge in [-0.3, -0.25) is 5.41 Å². The van der Waals surface area contributed by atoms with Crippen molar-refractivity contribution in [1.29, 1.82) is 5.41 Å². The summed E-state index contributed by atoms with van der Waals surface area (Å²) in [6.07, 6.45) is 0. The number of fused-ring (bicyclic) bond motifs is 1. The van der Waals surface area contributed by atoms with Gasteiger partial charge in [0.1, 0.15) is 17.3 Å². The number of benzene rings is 2. The lowest BCUT2D eigenvalue weighted by atomic mass is 10.2. The smallest absolute Gasteiger partial charge is 0.231 e. The second kappa shape index (κ2) is 4.94. The second-order valence-corrected chi connectivity index (χ2v) is 4.55. The molecule has 1 heterocycles. The van der Waals surface area contributed by atoms with Gasteiger partial charge in [-0.15, -0.1) is 0 Å². The molecule has 0 bridgehead atoms. The Morgan fingerprint density at radius 1 is 1.20 bits per heavy atom. The molecule has 102 valence electrons. The first-order valence-corrected chi connectivity index (χ1v) is 6.23. The van der Waals surface area contributed by atoms with Gasteiger partial charge in [-0.25, -0.2) is 0 Å². The van der Waals surface area contributed by atoms with Crippen LogP contribution in [0, 0.1) is 5.41 Å². The zero-order valence-electron chi connectivity index (χ0n) is 10.4. The quantitative estimate of drug-likeness (QED) is 0.672. The van der Waals surface area contributed by atoms with Crippen molar-refractivity contribution in [2.45, 2.75) is 0 Å². The molecule has 0 aromatic heterocycles. The standard InChI is InChI=1S/C14H11ClN2O3/c15-9-2-1-3-11(13(9)14(16)17)20-8-4-5-10-12(6-8)19-7-18-10/h1-6H,7H2,(H3,16,17). The van der Waals surface area contributed by atoms with Crippen LogP contribution in [0.4, 0.5) is 0 Å². The Morgan fingerprint density at radius 2 is 2.00 bits per heavy atom. The van der Waals surface area contributed by atoms with E-state index in [1.807, 2.05) is 0 Å². The molecule has 5 nitrogen and oxygen atoms in total. The van der Waals surface area contributed by atoms with Crippen LogP contribution >= 0.6 is 11.6 Å². The molecule has 1 aliphatic rings. The van der Waals surface area contributed by atoms with Gasteiger partial charge in [-0.1, -0.05) is 17.7 Å². The summed E-state index contributed by atoms with van der Waals surface area (Å²) in [5.74, 6) is 2.12. The van der Waals surface area contributed by atoms with Gasteiger partial charge in [-0.05, 0) is 24.3 Å². The van der Waals surface area contributed by atoms with E-state index in [9.17, 15) is 0 Å². The number of halogens is 1. The van der Waals surface area contributed by atoms with Crippen molar-refractivity contribution in [3.05, 3.63) is 47.0 Å². The Morgan fingerprint density at radius 3 is 2.80 bits per heavy atom. The second-order valence-electron chi connectivity index (χ2n) is 4.14. The number of hydrogen-bond acceptors (Lipinski definition) is 4. The number of ether oxygens (including phenoxy) is 3. The maximum absolute atomic E-state index is 7.57. The number of hydrogen-bond donors (Lipinski definition) is 2. The lowest BCUT2D eigenvalue weighted by Crippen LogP contribution is -2.13. The molecule has 2 aromatic carbocycles. The molecule has 2 aromatic rings. The molecule has 0 saturated carbocycles. The average molecular weight is 291 g/mol. The highest BCUT2D eigenvalue weighted by molar-refractivity contribution is 6.34. The van der Waals surface area contributed by atoms with Gasteiger partial charge < -0.3 is 19.9 Å². The normalized spacial score (nSPS) is 12.2. The van der Waals surface area contributed by atoms with Crippen LogP contribution < -0.4 is 19.9 Å². The number of nitrogens with one attached hydrogen (secondary N) is 1. The van der Waals surface area contributed by atoms with E-state index in [1.165, 1.54) is 0 Å². The molecule has 0 fully saturated rings. The summed E-state index contributed by atoms with van der Waals surface area (Å²) >= 11 is 6.04.